The zero-order valence-electron chi connectivity index (χ0n) is 15.1. The summed E-state index contributed by atoms with van der Waals surface area (Å²) < 4.78 is 31.7. The van der Waals surface area contributed by atoms with E-state index in [1.54, 1.807) is 6.07 Å². The average molecular weight is 384 g/mol. The Morgan fingerprint density at radius 1 is 1.04 bits per heavy atom. The number of ether oxygens (including phenoxy) is 1. The van der Waals surface area contributed by atoms with Crippen molar-refractivity contribution in [3.63, 3.8) is 0 Å². The highest BCUT2D eigenvalue weighted by Crippen LogP contribution is 2.22. The number of carbonyl (C=O) groups is 1. The fourth-order valence-corrected chi connectivity index (χ4v) is 2.58. The van der Waals surface area contributed by atoms with Crippen LogP contribution in [0.3, 0.4) is 0 Å². The minimum absolute atomic E-state index is 0.0653. The number of amides is 1. The predicted octanol–water partition coefficient (Wildman–Crippen LogP) is 3.48. The quantitative estimate of drug-likeness (QED) is 0.610. The Bertz CT molecular complexity index is 947. The molecule has 2 N–H and O–H groups in total. The molecule has 0 unspecified atom stereocenters. The molecule has 3 aromatic rings. The molecule has 2 heterocycles. The summed E-state index contributed by atoms with van der Waals surface area (Å²) in [5.74, 6) is -1.82. The van der Waals surface area contributed by atoms with Gasteiger partial charge in [0.05, 0.1) is 7.11 Å². The van der Waals surface area contributed by atoms with E-state index in [0.717, 1.165) is 17.7 Å². The maximum atomic E-state index is 13.2. The van der Waals surface area contributed by atoms with Crippen LogP contribution in [-0.4, -0.2) is 29.5 Å². The molecule has 6 nitrogen and oxygen atoms in total. The zero-order chi connectivity index (χ0) is 19.9. The van der Waals surface area contributed by atoms with Crippen molar-refractivity contribution in [1.82, 2.24) is 15.3 Å². The SMILES string of the molecule is COc1ccc(Nc2cc(F)nc(F)c2)nc1C(=O)NCCc1ccccc1. The predicted molar refractivity (Wildman–Crippen MR) is 101 cm³/mol. The largest absolute Gasteiger partial charge is 0.494 e. The molecular weight excluding hydrogens is 366 g/mol. The van der Waals surface area contributed by atoms with Crippen LogP contribution < -0.4 is 15.4 Å². The van der Waals surface area contributed by atoms with Gasteiger partial charge >= 0.3 is 0 Å². The summed E-state index contributed by atoms with van der Waals surface area (Å²) in [6, 6.07) is 14.9. The van der Waals surface area contributed by atoms with Gasteiger partial charge in [-0.05, 0) is 24.1 Å². The van der Waals surface area contributed by atoms with Gasteiger partial charge in [0.15, 0.2) is 5.69 Å². The Hall–Kier alpha value is -3.55. The third-order valence-corrected chi connectivity index (χ3v) is 3.87. The molecule has 1 amide bonds. The smallest absolute Gasteiger partial charge is 0.273 e. The van der Waals surface area contributed by atoms with Gasteiger partial charge in [0.25, 0.3) is 5.91 Å². The molecule has 0 spiro atoms. The van der Waals surface area contributed by atoms with Gasteiger partial charge in [0.2, 0.25) is 11.9 Å². The molecule has 0 saturated carbocycles. The zero-order valence-corrected chi connectivity index (χ0v) is 15.1. The number of methoxy groups -OCH3 is 1. The maximum absolute atomic E-state index is 13.2. The van der Waals surface area contributed by atoms with Crippen molar-refractivity contribution in [1.29, 1.82) is 0 Å². The van der Waals surface area contributed by atoms with Crippen molar-refractivity contribution < 1.29 is 18.3 Å². The summed E-state index contributed by atoms with van der Waals surface area (Å²) in [6.07, 6.45) is 0.669. The highest BCUT2D eigenvalue weighted by molar-refractivity contribution is 5.95. The number of hydrogen-bond acceptors (Lipinski definition) is 5. The number of nitrogens with one attached hydrogen (secondary N) is 2. The van der Waals surface area contributed by atoms with Crippen LogP contribution in [0.4, 0.5) is 20.3 Å². The first-order valence-corrected chi connectivity index (χ1v) is 8.52. The van der Waals surface area contributed by atoms with Crippen LogP contribution in [0.2, 0.25) is 0 Å². The Kier molecular flexibility index (Phi) is 6.11. The second-order valence-corrected chi connectivity index (χ2v) is 5.87. The fraction of sp³-hybridized carbons (Fsp3) is 0.150. The van der Waals surface area contributed by atoms with Gasteiger partial charge in [-0.3, -0.25) is 4.79 Å². The number of aromatic nitrogens is 2. The number of anilines is 2. The van der Waals surface area contributed by atoms with Crippen molar-refractivity contribution in [2.45, 2.75) is 6.42 Å². The van der Waals surface area contributed by atoms with E-state index in [1.807, 2.05) is 30.3 Å². The third-order valence-electron chi connectivity index (χ3n) is 3.87. The first-order chi connectivity index (χ1) is 13.5. The molecule has 8 heteroatoms. The fourth-order valence-electron chi connectivity index (χ4n) is 2.58. The number of rotatable bonds is 7. The summed E-state index contributed by atoms with van der Waals surface area (Å²) >= 11 is 0. The molecule has 28 heavy (non-hydrogen) atoms. The second-order valence-electron chi connectivity index (χ2n) is 5.87. The van der Waals surface area contributed by atoms with Gasteiger partial charge in [-0.15, -0.1) is 0 Å². The van der Waals surface area contributed by atoms with Gasteiger partial charge in [-0.1, -0.05) is 30.3 Å². The number of nitrogens with zero attached hydrogens (tertiary/aromatic N) is 2. The number of hydrogen-bond donors (Lipinski definition) is 2. The van der Waals surface area contributed by atoms with Crippen LogP contribution in [0.5, 0.6) is 5.75 Å². The Balaban J connectivity index is 1.72. The molecule has 0 radical (unpaired) electrons. The van der Waals surface area contributed by atoms with E-state index < -0.39 is 17.8 Å². The van der Waals surface area contributed by atoms with Crippen LogP contribution in [0, 0.1) is 11.9 Å². The third kappa shape index (κ3) is 5.00. The molecule has 0 atom stereocenters. The highest BCUT2D eigenvalue weighted by atomic mass is 19.1. The van der Waals surface area contributed by atoms with Gasteiger partial charge in [0.1, 0.15) is 11.6 Å². The summed E-state index contributed by atoms with van der Waals surface area (Å²) in [7, 11) is 1.43. The lowest BCUT2D eigenvalue weighted by Crippen LogP contribution is -2.27. The van der Waals surface area contributed by atoms with E-state index in [0.29, 0.717) is 13.0 Å². The molecule has 0 aliphatic rings. The average Bonchev–Trinajstić information content (AvgIpc) is 2.68. The van der Waals surface area contributed by atoms with E-state index >= 15 is 0 Å². The van der Waals surface area contributed by atoms with Crippen molar-refractivity contribution in [2.24, 2.45) is 0 Å². The van der Waals surface area contributed by atoms with Crippen molar-refractivity contribution in [3.8, 4) is 5.75 Å². The van der Waals surface area contributed by atoms with Crippen LogP contribution in [0.25, 0.3) is 0 Å². The number of carbonyl (C=O) groups excluding carboxylic acids is 1. The molecule has 0 fully saturated rings. The minimum atomic E-state index is -0.963. The molecule has 2 aromatic heterocycles. The molecule has 0 bridgehead atoms. The van der Waals surface area contributed by atoms with Crippen molar-refractivity contribution in [2.75, 3.05) is 19.0 Å². The van der Waals surface area contributed by atoms with E-state index in [4.69, 9.17) is 4.74 Å². The number of halogens is 2. The molecule has 1 aromatic carbocycles. The second kappa shape index (κ2) is 8.90. The van der Waals surface area contributed by atoms with Crippen LogP contribution in [0.1, 0.15) is 16.1 Å². The standard InChI is InChI=1S/C20H18F2N4O2/c1-28-15-7-8-18(24-14-11-16(21)25-17(22)12-14)26-19(15)20(27)23-10-9-13-5-3-2-4-6-13/h2-8,11-12H,9-10H2,1H3,(H,23,27)(H,24,25,26). The van der Waals surface area contributed by atoms with Crippen molar-refractivity contribution >= 4 is 17.4 Å². The van der Waals surface area contributed by atoms with Gasteiger partial charge in [-0.2, -0.15) is 13.8 Å². The minimum Gasteiger partial charge on any atom is -0.494 e. The van der Waals surface area contributed by atoms with Crippen molar-refractivity contribution in [3.05, 3.63) is 77.8 Å². The summed E-state index contributed by atoms with van der Waals surface area (Å²) in [5, 5.41) is 5.54. The number of pyridine rings is 2. The molecule has 0 aliphatic carbocycles. The van der Waals surface area contributed by atoms with Crippen LogP contribution >= 0.6 is 0 Å². The number of benzene rings is 1. The Labute approximate surface area is 160 Å². The van der Waals surface area contributed by atoms with Gasteiger partial charge in [-0.25, -0.2) is 4.98 Å². The van der Waals surface area contributed by atoms with Crippen LogP contribution in [0.15, 0.2) is 54.6 Å². The van der Waals surface area contributed by atoms with E-state index in [-0.39, 0.29) is 22.9 Å². The lowest BCUT2D eigenvalue weighted by molar-refractivity contribution is 0.0946. The lowest BCUT2D eigenvalue weighted by atomic mass is 10.1. The first-order valence-electron chi connectivity index (χ1n) is 8.52. The lowest BCUT2D eigenvalue weighted by Gasteiger charge is -2.12. The van der Waals surface area contributed by atoms with E-state index in [1.165, 1.54) is 13.2 Å². The topological polar surface area (TPSA) is 76.1 Å². The highest BCUT2D eigenvalue weighted by Gasteiger charge is 2.15. The van der Waals surface area contributed by atoms with Gasteiger partial charge < -0.3 is 15.4 Å². The Morgan fingerprint density at radius 3 is 2.43 bits per heavy atom. The Morgan fingerprint density at radius 2 is 1.75 bits per heavy atom. The van der Waals surface area contributed by atoms with E-state index in [9.17, 15) is 13.6 Å². The maximum Gasteiger partial charge on any atom is 0.273 e. The molecular formula is C20H18F2N4O2. The summed E-state index contributed by atoms with van der Waals surface area (Å²) in [5.41, 5.74) is 1.29. The monoisotopic (exact) mass is 384 g/mol. The van der Waals surface area contributed by atoms with Crippen LogP contribution in [-0.2, 0) is 6.42 Å². The molecule has 144 valence electrons. The normalized spacial score (nSPS) is 10.4. The van der Waals surface area contributed by atoms with E-state index in [2.05, 4.69) is 20.6 Å². The molecule has 0 aliphatic heterocycles. The summed E-state index contributed by atoms with van der Waals surface area (Å²) in [6.45, 7) is 0.423. The first kappa shape index (κ1) is 19.2. The van der Waals surface area contributed by atoms with Gasteiger partial charge in [0, 0.05) is 24.4 Å². The molecule has 0 saturated heterocycles. The summed E-state index contributed by atoms with van der Waals surface area (Å²) in [4.78, 5) is 19.8. The molecule has 3 rings (SSSR count).